The Kier molecular flexibility index (Phi) is 5.13. The molecule has 7 nitrogen and oxygen atoms in total. The van der Waals surface area contributed by atoms with Crippen LogP contribution in [0.4, 0.5) is 10.5 Å². The highest BCUT2D eigenvalue weighted by atomic mass is 16.3. The number of nitrogens with zero attached hydrogens (tertiary/aromatic N) is 2. The lowest BCUT2D eigenvalue weighted by molar-refractivity contribution is 0.0615. The van der Waals surface area contributed by atoms with Gasteiger partial charge in [0.25, 0.3) is 5.91 Å². The highest BCUT2D eigenvalue weighted by molar-refractivity contribution is 5.95. The summed E-state index contributed by atoms with van der Waals surface area (Å²) in [5.41, 5.74) is 6.17. The van der Waals surface area contributed by atoms with E-state index < -0.39 is 6.03 Å². The number of amides is 3. The van der Waals surface area contributed by atoms with E-state index in [1.807, 2.05) is 0 Å². The zero-order chi connectivity index (χ0) is 15.2. The number of aliphatic hydroxyl groups is 1. The molecule has 0 radical (unpaired) electrons. The van der Waals surface area contributed by atoms with Gasteiger partial charge in [0.15, 0.2) is 0 Å². The molecule has 3 amide bonds. The Morgan fingerprint density at radius 3 is 2.29 bits per heavy atom. The van der Waals surface area contributed by atoms with E-state index in [2.05, 4.69) is 10.2 Å². The molecule has 7 heteroatoms. The molecule has 1 fully saturated rings. The normalized spacial score (nSPS) is 15.8. The molecule has 0 aliphatic carbocycles. The molecule has 114 valence electrons. The summed E-state index contributed by atoms with van der Waals surface area (Å²) in [5.74, 6) is -0.0238. The van der Waals surface area contributed by atoms with Crippen LogP contribution in [0.1, 0.15) is 10.4 Å². The van der Waals surface area contributed by atoms with Crippen LogP contribution in [0.2, 0.25) is 0 Å². The van der Waals surface area contributed by atoms with Crippen LogP contribution in [-0.4, -0.2) is 66.2 Å². The molecule has 1 aliphatic heterocycles. The molecular weight excluding hydrogens is 272 g/mol. The van der Waals surface area contributed by atoms with Crippen molar-refractivity contribution in [2.75, 3.05) is 44.6 Å². The summed E-state index contributed by atoms with van der Waals surface area (Å²) in [6.07, 6.45) is 0. The van der Waals surface area contributed by atoms with Crippen molar-refractivity contribution in [3.05, 3.63) is 29.8 Å². The van der Waals surface area contributed by atoms with Crippen LogP contribution in [-0.2, 0) is 0 Å². The Morgan fingerprint density at radius 2 is 1.76 bits per heavy atom. The fraction of sp³-hybridized carbons (Fsp3) is 0.429. The van der Waals surface area contributed by atoms with Gasteiger partial charge in [-0.25, -0.2) is 4.79 Å². The Balaban J connectivity index is 1.93. The first-order valence-electron chi connectivity index (χ1n) is 6.89. The summed E-state index contributed by atoms with van der Waals surface area (Å²) in [4.78, 5) is 27.0. The molecule has 4 N–H and O–H groups in total. The van der Waals surface area contributed by atoms with Crippen molar-refractivity contribution in [3.8, 4) is 0 Å². The van der Waals surface area contributed by atoms with Crippen molar-refractivity contribution in [3.63, 3.8) is 0 Å². The number of piperazine rings is 1. The molecule has 0 bridgehead atoms. The molecule has 0 aromatic heterocycles. The molecule has 2 rings (SSSR count). The van der Waals surface area contributed by atoms with E-state index in [0.29, 0.717) is 30.9 Å². The number of anilines is 1. The molecule has 0 atom stereocenters. The number of carbonyl (C=O) groups is 2. The summed E-state index contributed by atoms with van der Waals surface area (Å²) < 4.78 is 0. The summed E-state index contributed by atoms with van der Waals surface area (Å²) in [6, 6.07) is 6.02. The standard InChI is InChI=1S/C14H20N4O3/c15-14(21)16-12-3-1-11(2-4-12)13(20)18-7-5-17(6-8-18)9-10-19/h1-4,19H,5-10H2,(H3,15,16,21). The third kappa shape index (κ3) is 4.17. The van der Waals surface area contributed by atoms with Gasteiger partial charge in [-0.2, -0.15) is 0 Å². The molecular formula is C14H20N4O3. The molecule has 0 spiro atoms. The van der Waals surface area contributed by atoms with Crippen molar-refractivity contribution in [1.29, 1.82) is 0 Å². The zero-order valence-corrected chi connectivity index (χ0v) is 11.8. The Bertz CT molecular complexity index is 495. The lowest BCUT2D eigenvalue weighted by Crippen LogP contribution is -2.49. The second-order valence-corrected chi connectivity index (χ2v) is 4.92. The van der Waals surface area contributed by atoms with Crippen LogP contribution >= 0.6 is 0 Å². The smallest absolute Gasteiger partial charge is 0.316 e. The Labute approximate surface area is 123 Å². The van der Waals surface area contributed by atoms with Crippen molar-refractivity contribution in [2.45, 2.75) is 0 Å². The molecule has 1 aromatic rings. The number of nitrogens with one attached hydrogen (secondary N) is 1. The average molecular weight is 292 g/mol. The van der Waals surface area contributed by atoms with Crippen LogP contribution in [0.5, 0.6) is 0 Å². The van der Waals surface area contributed by atoms with Gasteiger partial charge in [-0.1, -0.05) is 0 Å². The van der Waals surface area contributed by atoms with Gasteiger partial charge in [-0.3, -0.25) is 9.69 Å². The first kappa shape index (κ1) is 15.3. The van der Waals surface area contributed by atoms with Crippen molar-refractivity contribution >= 4 is 17.6 Å². The lowest BCUT2D eigenvalue weighted by Gasteiger charge is -2.34. The monoisotopic (exact) mass is 292 g/mol. The van der Waals surface area contributed by atoms with Crippen molar-refractivity contribution in [2.24, 2.45) is 5.73 Å². The highest BCUT2D eigenvalue weighted by Crippen LogP contribution is 2.13. The maximum Gasteiger partial charge on any atom is 0.316 e. The minimum absolute atomic E-state index is 0.0238. The predicted molar refractivity (Wildman–Crippen MR) is 79.1 cm³/mol. The molecule has 21 heavy (non-hydrogen) atoms. The number of urea groups is 1. The Morgan fingerprint density at radius 1 is 1.14 bits per heavy atom. The average Bonchev–Trinajstić information content (AvgIpc) is 2.48. The Hall–Kier alpha value is -2.12. The lowest BCUT2D eigenvalue weighted by atomic mass is 10.1. The molecule has 0 unspecified atom stereocenters. The van der Waals surface area contributed by atoms with Crippen LogP contribution in [0.15, 0.2) is 24.3 Å². The SMILES string of the molecule is NC(=O)Nc1ccc(C(=O)N2CCN(CCO)CC2)cc1. The van der Waals surface area contributed by atoms with Crippen LogP contribution in [0, 0.1) is 0 Å². The first-order chi connectivity index (χ1) is 10.1. The number of aliphatic hydroxyl groups excluding tert-OH is 1. The van der Waals surface area contributed by atoms with E-state index in [-0.39, 0.29) is 12.5 Å². The molecule has 0 saturated carbocycles. The first-order valence-corrected chi connectivity index (χ1v) is 6.89. The number of carbonyl (C=O) groups excluding carboxylic acids is 2. The van der Waals surface area contributed by atoms with E-state index in [1.165, 1.54) is 0 Å². The third-order valence-electron chi connectivity index (χ3n) is 3.48. The van der Waals surface area contributed by atoms with E-state index in [9.17, 15) is 9.59 Å². The number of primary amides is 1. The maximum absolute atomic E-state index is 12.3. The van der Waals surface area contributed by atoms with Crippen LogP contribution in [0.25, 0.3) is 0 Å². The van der Waals surface area contributed by atoms with Gasteiger partial charge in [0.05, 0.1) is 6.61 Å². The fourth-order valence-corrected chi connectivity index (χ4v) is 2.34. The molecule has 1 aromatic carbocycles. The number of hydrogen-bond acceptors (Lipinski definition) is 4. The van der Waals surface area contributed by atoms with Gasteiger partial charge >= 0.3 is 6.03 Å². The number of β-amino-alcohol motifs (C(OH)–C–C–N with tert-alkyl or cyclic N) is 1. The van der Waals surface area contributed by atoms with Gasteiger partial charge in [0.1, 0.15) is 0 Å². The van der Waals surface area contributed by atoms with Gasteiger partial charge in [0, 0.05) is 44.0 Å². The largest absolute Gasteiger partial charge is 0.395 e. The number of hydrogen-bond donors (Lipinski definition) is 3. The number of benzene rings is 1. The van der Waals surface area contributed by atoms with Crippen LogP contribution < -0.4 is 11.1 Å². The van der Waals surface area contributed by atoms with Crippen molar-refractivity contribution < 1.29 is 14.7 Å². The quantitative estimate of drug-likeness (QED) is 0.723. The van der Waals surface area contributed by atoms with Gasteiger partial charge in [-0.15, -0.1) is 0 Å². The molecule has 1 aliphatic rings. The predicted octanol–water partition coefficient (Wildman–Crippen LogP) is -0.0727. The summed E-state index contributed by atoms with van der Waals surface area (Å²) in [6.45, 7) is 3.64. The third-order valence-corrected chi connectivity index (χ3v) is 3.48. The number of nitrogens with two attached hydrogens (primary N) is 1. The second kappa shape index (κ2) is 7.05. The van der Waals surface area contributed by atoms with Crippen molar-refractivity contribution in [1.82, 2.24) is 9.80 Å². The minimum Gasteiger partial charge on any atom is -0.395 e. The summed E-state index contributed by atoms with van der Waals surface area (Å²) in [5, 5.41) is 11.4. The van der Waals surface area contributed by atoms with Gasteiger partial charge < -0.3 is 21.1 Å². The topological polar surface area (TPSA) is 98.9 Å². The van der Waals surface area contributed by atoms with Gasteiger partial charge in [-0.05, 0) is 24.3 Å². The highest BCUT2D eigenvalue weighted by Gasteiger charge is 2.21. The van der Waals surface area contributed by atoms with E-state index >= 15 is 0 Å². The zero-order valence-electron chi connectivity index (χ0n) is 11.8. The van der Waals surface area contributed by atoms with E-state index in [1.54, 1.807) is 29.2 Å². The summed E-state index contributed by atoms with van der Waals surface area (Å²) in [7, 11) is 0. The fourth-order valence-electron chi connectivity index (χ4n) is 2.34. The van der Waals surface area contributed by atoms with Crippen LogP contribution in [0.3, 0.4) is 0 Å². The molecule has 1 saturated heterocycles. The minimum atomic E-state index is -0.630. The van der Waals surface area contributed by atoms with Gasteiger partial charge in [0.2, 0.25) is 0 Å². The molecule has 1 heterocycles. The summed E-state index contributed by atoms with van der Waals surface area (Å²) >= 11 is 0. The second-order valence-electron chi connectivity index (χ2n) is 4.92. The maximum atomic E-state index is 12.3. The number of rotatable bonds is 4. The van der Waals surface area contributed by atoms with E-state index in [0.717, 1.165) is 13.1 Å². The van der Waals surface area contributed by atoms with E-state index in [4.69, 9.17) is 10.8 Å².